The molecule has 0 saturated carbocycles. The predicted molar refractivity (Wildman–Crippen MR) is 130 cm³/mol. The molecule has 1 amide bonds. The van der Waals surface area contributed by atoms with Crippen molar-refractivity contribution in [1.82, 2.24) is 4.31 Å². The average Bonchev–Trinajstić information content (AvgIpc) is 2.79. The zero-order valence-electron chi connectivity index (χ0n) is 17.6. The fourth-order valence-electron chi connectivity index (χ4n) is 3.30. The van der Waals surface area contributed by atoms with Gasteiger partial charge in [-0.05, 0) is 48.2 Å². The minimum absolute atomic E-state index is 0.0517. The Hall–Kier alpha value is -2.38. The van der Waals surface area contributed by atoms with E-state index in [1.807, 2.05) is 55.5 Å². The molecule has 0 unspecified atom stereocenters. The lowest BCUT2D eigenvalue weighted by atomic mass is 10.1. The number of nitrogens with one attached hydrogen (secondary N) is 1. The number of anilines is 1. The second-order valence-electron chi connectivity index (χ2n) is 7.21. The maximum atomic E-state index is 13.4. The fraction of sp³-hybridized carbons (Fsp3) is 0.208. The van der Waals surface area contributed by atoms with Gasteiger partial charge in [-0.2, -0.15) is 4.31 Å². The minimum Gasteiger partial charge on any atom is -0.325 e. The molecule has 0 radical (unpaired) electrons. The number of sulfonamides is 1. The van der Waals surface area contributed by atoms with Crippen LogP contribution in [0.2, 0.25) is 10.0 Å². The van der Waals surface area contributed by atoms with E-state index in [9.17, 15) is 13.2 Å². The Kier molecular flexibility index (Phi) is 8.32. The molecule has 0 heterocycles. The summed E-state index contributed by atoms with van der Waals surface area (Å²) in [6.07, 6.45) is 1.18. The van der Waals surface area contributed by atoms with Gasteiger partial charge in [0.05, 0.1) is 11.6 Å². The lowest BCUT2D eigenvalue weighted by Crippen LogP contribution is -2.39. The molecule has 5 nitrogen and oxygen atoms in total. The van der Waals surface area contributed by atoms with Gasteiger partial charge in [0.15, 0.2) is 0 Å². The first-order valence-corrected chi connectivity index (χ1v) is 12.4. The summed E-state index contributed by atoms with van der Waals surface area (Å²) in [5, 5.41) is 3.13. The average molecular weight is 491 g/mol. The van der Waals surface area contributed by atoms with Crippen LogP contribution in [0.25, 0.3) is 0 Å². The molecular formula is C24H24Cl2N2O3S. The van der Waals surface area contributed by atoms with Gasteiger partial charge in [0, 0.05) is 17.3 Å². The van der Waals surface area contributed by atoms with Crippen LogP contribution < -0.4 is 5.32 Å². The number of amides is 1. The summed E-state index contributed by atoms with van der Waals surface area (Å²) in [7, 11) is -4.07. The molecule has 3 aromatic carbocycles. The maximum absolute atomic E-state index is 13.4. The Morgan fingerprint density at radius 1 is 0.969 bits per heavy atom. The second kappa shape index (κ2) is 11.0. The molecule has 1 N–H and O–H groups in total. The van der Waals surface area contributed by atoms with Crippen LogP contribution in [0, 0.1) is 0 Å². The van der Waals surface area contributed by atoms with Crippen molar-refractivity contribution in [2.24, 2.45) is 0 Å². The van der Waals surface area contributed by atoms with Crippen molar-refractivity contribution in [2.45, 2.75) is 24.7 Å². The first-order valence-electron chi connectivity index (χ1n) is 10.2. The van der Waals surface area contributed by atoms with Crippen molar-refractivity contribution in [3.63, 3.8) is 0 Å². The third-order valence-corrected chi connectivity index (χ3v) is 7.56. The molecule has 0 spiro atoms. The molecular weight excluding hydrogens is 467 g/mol. The van der Waals surface area contributed by atoms with Crippen molar-refractivity contribution in [3.05, 3.63) is 94.0 Å². The summed E-state index contributed by atoms with van der Waals surface area (Å²) >= 11 is 12.2. The summed E-state index contributed by atoms with van der Waals surface area (Å²) in [5.74, 6) is -0.430. The molecule has 8 heteroatoms. The highest BCUT2D eigenvalue weighted by molar-refractivity contribution is 7.89. The van der Waals surface area contributed by atoms with Gasteiger partial charge in [0.25, 0.3) is 0 Å². The first kappa shape index (κ1) is 24.3. The number of benzene rings is 3. The number of nitrogens with zero attached hydrogens (tertiary/aromatic N) is 1. The maximum Gasteiger partial charge on any atom is 0.245 e. The zero-order chi connectivity index (χ0) is 23.1. The Bertz CT molecular complexity index is 1180. The van der Waals surface area contributed by atoms with E-state index < -0.39 is 15.9 Å². The highest BCUT2D eigenvalue weighted by Crippen LogP contribution is 2.28. The number of carbonyl (C=O) groups excluding carboxylic acids is 1. The quantitative estimate of drug-likeness (QED) is 0.434. The van der Waals surface area contributed by atoms with Crippen LogP contribution in [0.1, 0.15) is 18.1 Å². The van der Waals surface area contributed by atoms with E-state index in [2.05, 4.69) is 5.32 Å². The number of halogens is 2. The van der Waals surface area contributed by atoms with E-state index >= 15 is 0 Å². The van der Waals surface area contributed by atoms with Crippen LogP contribution in [0.3, 0.4) is 0 Å². The Balaban J connectivity index is 1.87. The molecule has 0 aliphatic heterocycles. The van der Waals surface area contributed by atoms with E-state index in [4.69, 9.17) is 23.2 Å². The van der Waals surface area contributed by atoms with Gasteiger partial charge in [-0.25, -0.2) is 8.42 Å². The number of hydrogen-bond acceptors (Lipinski definition) is 3. The largest absolute Gasteiger partial charge is 0.325 e. The van der Waals surface area contributed by atoms with E-state index in [0.29, 0.717) is 12.1 Å². The van der Waals surface area contributed by atoms with E-state index in [1.165, 1.54) is 18.2 Å². The normalized spacial score (nSPS) is 11.5. The van der Waals surface area contributed by atoms with Gasteiger partial charge in [-0.3, -0.25) is 4.79 Å². The topological polar surface area (TPSA) is 66.5 Å². The highest BCUT2D eigenvalue weighted by atomic mass is 35.5. The molecule has 0 aromatic heterocycles. The van der Waals surface area contributed by atoms with Crippen LogP contribution in [-0.4, -0.2) is 31.7 Å². The van der Waals surface area contributed by atoms with Gasteiger partial charge in [-0.15, -0.1) is 0 Å². The third kappa shape index (κ3) is 6.11. The summed E-state index contributed by atoms with van der Waals surface area (Å²) in [4.78, 5) is 12.7. The number of para-hydroxylation sites is 1. The molecule has 3 aromatic rings. The summed E-state index contributed by atoms with van der Waals surface area (Å²) in [6.45, 7) is 1.75. The Morgan fingerprint density at radius 3 is 2.38 bits per heavy atom. The van der Waals surface area contributed by atoms with Gasteiger partial charge < -0.3 is 5.32 Å². The molecule has 0 fully saturated rings. The van der Waals surface area contributed by atoms with Gasteiger partial charge in [-0.1, -0.05) is 78.7 Å². The number of carbonyl (C=O) groups is 1. The lowest BCUT2D eigenvalue weighted by molar-refractivity contribution is -0.116. The van der Waals surface area contributed by atoms with Gasteiger partial charge in [0.1, 0.15) is 4.90 Å². The summed E-state index contributed by atoms with van der Waals surface area (Å²) in [5.41, 5.74) is 2.60. The minimum atomic E-state index is -4.07. The number of hydrogen-bond donors (Lipinski definition) is 1. The molecule has 0 aliphatic carbocycles. The van der Waals surface area contributed by atoms with Gasteiger partial charge in [0.2, 0.25) is 15.9 Å². The van der Waals surface area contributed by atoms with Crippen LogP contribution in [0.5, 0.6) is 0 Å². The van der Waals surface area contributed by atoms with Crippen LogP contribution in [0.4, 0.5) is 5.69 Å². The molecule has 0 aliphatic rings. The SMILES string of the molecule is CCc1ccccc1NC(=O)CN(CCc1ccccc1)S(=O)(=O)c1cc(Cl)ccc1Cl. The second-order valence-corrected chi connectivity index (χ2v) is 9.96. The lowest BCUT2D eigenvalue weighted by Gasteiger charge is -2.23. The smallest absolute Gasteiger partial charge is 0.245 e. The highest BCUT2D eigenvalue weighted by Gasteiger charge is 2.29. The molecule has 0 bridgehead atoms. The number of aryl methyl sites for hydroxylation is 1. The third-order valence-electron chi connectivity index (χ3n) is 5.00. The molecule has 0 atom stereocenters. The first-order chi connectivity index (χ1) is 15.3. The molecule has 0 saturated heterocycles. The van der Waals surface area contributed by atoms with E-state index in [1.54, 1.807) is 6.07 Å². The monoisotopic (exact) mass is 490 g/mol. The van der Waals surface area contributed by atoms with Crippen LogP contribution in [-0.2, 0) is 27.7 Å². The Labute approximate surface area is 199 Å². The van der Waals surface area contributed by atoms with E-state index in [0.717, 1.165) is 21.9 Å². The molecule has 3 rings (SSSR count). The number of rotatable bonds is 9. The predicted octanol–water partition coefficient (Wildman–Crippen LogP) is 5.43. The molecule has 32 heavy (non-hydrogen) atoms. The van der Waals surface area contributed by atoms with Crippen molar-refractivity contribution in [2.75, 3.05) is 18.4 Å². The van der Waals surface area contributed by atoms with Crippen LogP contribution >= 0.6 is 23.2 Å². The molecule has 168 valence electrons. The van der Waals surface area contributed by atoms with Crippen molar-refractivity contribution >= 4 is 44.8 Å². The Morgan fingerprint density at radius 2 is 1.66 bits per heavy atom. The summed E-state index contributed by atoms with van der Waals surface area (Å²) in [6, 6.07) is 21.2. The van der Waals surface area contributed by atoms with E-state index in [-0.39, 0.29) is 28.0 Å². The standard InChI is InChI=1S/C24H24Cl2N2O3S/c1-2-19-10-6-7-11-22(19)27-24(29)17-28(15-14-18-8-4-3-5-9-18)32(30,31)23-16-20(25)12-13-21(23)26/h3-13,16H,2,14-15,17H2,1H3,(H,27,29). The van der Waals surface area contributed by atoms with Crippen molar-refractivity contribution in [1.29, 1.82) is 0 Å². The zero-order valence-corrected chi connectivity index (χ0v) is 19.9. The van der Waals surface area contributed by atoms with Crippen molar-refractivity contribution in [3.8, 4) is 0 Å². The fourth-order valence-corrected chi connectivity index (χ4v) is 5.43. The van der Waals surface area contributed by atoms with Crippen molar-refractivity contribution < 1.29 is 13.2 Å². The van der Waals surface area contributed by atoms with Crippen LogP contribution in [0.15, 0.2) is 77.7 Å². The summed E-state index contributed by atoms with van der Waals surface area (Å²) < 4.78 is 28.0. The van der Waals surface area contributed by atoms with Gasteiger partial charge >= 0.3 is 0 Å².